The molecule has 96 valence electrons. The van der Waals surface area contributed by atoms with Crippen LogP contribution in [0.4, 0.5) is 0 Å². The highest BCUT2D eigenvalue weighted by Crippen LogP contribution is 2.06. The summed E-state index contributed by atoms with van der Waals surface area (Å²) in [5, 5.41) is 9.16. The molecular formula is C11H23NO4. The van der Waals surface area contributed by atoms with E-state index in [-0.39, 0.29) is 12.6 Å². The van der Waals surface area contributed by atoms with Crippen molar-refractivity contribution in [1.82, 2.24) is 4.90 Å². The third-order valence-corrected chi connectivity index (χ3v) is 2.73. The highest BCUT2D eigenvalue weighted by molar-refractivity contribution is 4.74. The highest BCUT2D eigenvalue weighted by atomic mass is 16.5. The first-order valence-electron chi connectivity index (χ1n) is 5.88. The monoisotopic (exact) mass is 233 g/mol. The molecule has 5 nitrogen and oxygen atoms in total. The van der Waals surface area contributed by atoms with Crippen LogP contribution in [0.15, 0.2) is 0 Å². The fourth-order valence-corrected chi connectivity index (χ4v) is 1.77. The van der Waals surface area contributed by atoms with Gasteiger partial charge in [-0.3, -0.25) is 4.90 Å². The lowest BCUT2D eigenvalue weighted by Crippen LogP contribution is -2.47. The quantitative estimate of drug-likeness (QED) is 0.585. The molecule has 0 aliphatic carbocycles. The van der Waals surface area contributed by atoms with Crippen molar-refractivity contribution in [2.24, 2.45) is 0 Å². The maximum Gasteiger partial charge on any atom is 0.0700 e. The van der Waals surface area contributed by atoms with Crippen LogP contribution in [0.1, 0.15) is 6.42 Å². The number of methoxy groups -OCH3 is 1. The van der Waals surface area contributed by atoms with E-state index >= 15 is 0 Å². The van der Waals surface area contributed by atoms with Crippen molar-refractivity contribution >= 4 is 0 Å². The lowest BCUT2D eigenvalue weighted by atomic mass is 10.2. The molecule has 1 aliphatic heterocycles. The van der Waals surface area contributed by atoms with Gasteiger partial charge >= 0.3 is 0 Å². The van der Waals surface area contributed by atoms with Crippen LogP contribution in [-0.2, 0) is 14.2 Å². The molecule has 0 aromatic rings. The van der Waals surface area contributed by atoms with E-state index in [4.69, 9.17) is 19.3 Å². The molecule has 1 N–H and O–H groups in total. The Morgan fingerprint density at radius 1 is 1.38 bits per heavy atom. The van der Waals surface area contributed by atoms with Gasteiger partial charge in [0.15, 0.2) is 0 Å². The topological polar surface area (TPSA) is 51.2 Å². The Morgan fingerprint density at radius 2 is 2.25 bits per heavy atom. The van der Waals surface area contributed by atoms with Gasteiger partial charge in [-0.05, 0) is 6.42 Å². The van der Waals surface area contributed by atoms with Gasteiger partial charge in [0.25, 0.3) is 0 Å². The minimum atomic E-state index is 0.160. The van der Waals surface area contributed by atoms with Crippen LogP contribution < -0.4 is 0 Å². The third-order valence-electron chi connectivity index (χ3n) is 2.73. The van der Waals surface area contributed by atoms with Gasteiger partial charge in [0, 0.05) is 26.8 Å². The van der Waals surface area contributed by atoms with Crippen molar-refractivity contribution < 1.29 is 19.3 Å². The number of aliphatic hydroxyl groups is 1. The maximum absolute atomic E-state index is 9.16. The molecule has 0 bridgehead atoms. The third kappa shape index (κ3) is 5.23. The number of hydrogen-bond acceptors (Lipinski definition) is 5. The Kier molecular flexibility index (Phi) is 7.71. The molecule has 1 unspecified atom stereocenters. The first-order valence-corrected chi connectivity index (χ1v) is 5.88. The van der Waals surface area contributed by atoms with Gasteiger partial charge in [-0.2, -0.15) is 0 Å². The van der Waals surface area contributed by atoms with E-state index in [9.17, 15) is 0 Å². The fraction of sp³-hybridized carbons (Fsp3) is 1.00. The van der Waals surface area contributed by atoms with Crippen molar-refractivity contribution in [3.8, 4) is 0 Å². The summed E-state index contributed by atoms with van der Waals surface area (Å²) >= 11 is 0. The molecule has 0 saturated carbocycles. The Morgan fingerprint density at radius 3 is 3.00 bits per heavy atom. The van der Waals surface area contributed by atoms with E-state index in [1.165, 1.54) is 0 Å². The molecule has 16 heavy (non-hydrogen) atoms. The lowest BCUT2D eigenvalue weighted by Gasteiger charge is -2.34. The van der Waals surface area contributed by atoms with Crippen molar-refractivity contribution in [3.05, 3.63) is 0 Å². The fourth-order valence-electron chi connectivity index (χ4n) is 1.77. The Labute approximate surface area is 97.3 Å². The summed E-state index contributed by atoms with van der Waals surface area (Å²) in [5.74, 6) is 0. The van der Waals surface area contributed by atoms with E-state index in [0.29, 0.717) is 19.8 Å². The van der Waals surface area contributed by atoms with Gasteiger partial charge in [-0.15, -0.1) is 0 Å². The van der Waals surface area contributed by atoms with Crippen molar-refractivity contribution in [2.45, 2.75) is 12.5 Å². The maximum atomic E-state index is 9.16. The number of nitrogens with zero attached hydrogens (tertiary/aromatic N) is 1. The molecule has 0 aromatic heterocycles. The second-order valence-electron chi connectivity index (χ2n) is 3.91. The van der Waals surface area contributed by atoms with E-state index in [0.717, 1.165) is 32.7 Å². The van der Waals surface area contributed by atoms with Gasteiger partial charge < -0.3 is 19.3 Å². The molecule has 1 saturated heterocycles. The molecule has 1 heterocycles. The first kappa shape index (κ1) is 13.9. The molecule has 1 fully saturated rings. The van der Waals surface area contributed by atoms with Gasteiger partial charge in [0.1, 0.15) is 0 Å². The standard InChI is InChI=1S/C11H23NO4/c1-14-7-8-15-5-2-3-12-4-6-16-10-11(12)9-13/h11,13H,2-10H2,1H3. The Bertz CT molecular complexity index is 168. The predicted molar refractivity (Wildman–Crippen MR) is 60.6 cm³/mol. The summed E-state index contributed by atoms with van der Waals surface area (Å²) in [6.07, 6.45) is 0.986. The van der Waals surface area contributed by atoms with E-state index in [2.05, 4.69) is 4.90 Å². The number of ether oxygens (including phenoxy) is 3. The molecule has 1 rings (SSSR count). The zero-order valence-corrected chi connectivity index (χ0v) is 10.1. The molecule has 0 radical (unpaired) electrons. The Hall–Kier alpha value is -0.200. The number of rotatable bonds is 8. The van der Waals surface area contributed by atoms with Crippen molar-refractivity contribution in [1.29, 1.82) is 0 Å². The van der Waals surface area contributed by atoms with Gasteiger partial charge in [-0.1, -0.05) is 0 Å². The zero-order chi connectivity index (χ0) is 11.6. The summed E-state index contributed by atoms with van der Waals surface area (Å²) in [6, 6.07) is 0.160. The van der Waals surface area contributed by atoms with E-state index < -0.39 is 0 Å². The van der Waals surface area contributed by atoms with Crippen LogP contribution in [0.3, 0.4) is 0 Å². The van der Waals surface area contributed by atoms with E-state index in [1.807, 2.05) is 0 Å². The SMILES string of the molecule is COCCOCCCN1CCOCC1CO. The van der Waals surface area contributed by atoms with Crippen LogP contribution in [0.25, 0.3) is 0 Å². The molecule has 5 heteroatoms. The summed E-state index contributed by atoms with van der Waals surface area (Å²) in [7, 11) is 1.67. The van der Waals surface area contributed by atoms with Crippen LogP contribution in [0.5, 0.6) is 0 Å². The number of morpholine rings is 1. The average Bonchev–Trinajstić information content (AvgIpc) is 2.34. The summed E-state index contributed by atoms with van der Waals surface area (Å²) in [6.45, 7) is 5.50. The van der Waals surface area contributed by atoms with Gasteiger partial charge in [0.2, 0.25) is 0 Å². The van der Waals surface area contributed by atoms with Gasteiger partial charge in [0.05, 0.1) is 39.1 Å². The second-order valence-corrected chi connectivity index (χ2v) is 3.91. The van der Waals surface area contributed by atoms with Crippen LogP contribution in [-0.4, -0.2) is 75.9 Å². The highest BCUT2D eigenvalue weighted by Gasteiger charge is 2.21. The Balaban J connectivity index is 2.02. The lowest BCUT2D eigenvalue weighted by molar-refractivity contribution is -0.0311. The van der Waals surface area contributed by atoms with Crippen LogP contribution in [0, 0.1) is 0 Å². The second kappa shape index (κ2) is 8.90. The van der Waals surface area contributed by atoms with Crippen LogP contribution >= 0.6 is 0 Å². The average molecular weight is 233 g/mol. The molecule has 1 aliphatic rings. The van der Waals surface area contributed by atoms with Crippen LogP contribution in [0.2, 0.25) is 0 Å². The van der Waals surface area contributed by atoms with Gasteiger partial charge in [-0.25, -0.2) is 0 Å². The first-order chi connectivity index (χ1) is 7.88. The summed E-state index contributed by atoms with van der Waals surface area (Å²) in [4.78, 5) is 2.27. The molecule has 0 aromatic carbocycles. The minimum Gasteiger partial charge on any atom is -0.395 e. The smallest absolute Gasteiger partial charge is 0.0700 e. The molecule has 0 amide bonds. The molecule has 1 atom stereocenters. The van der Waals surface area contributed by atoms with E-state index in [1.54, 1.807) is 7.11 Å². The number of hydrogen-bond donors (Lipinski definition) is 1. The largest absolute Gasteiger partial charge is 0.395 e. The normalized spacial score (nSPS) is 22.5. The molecular weight excluding hydrogens is 210 g/mol. The summed E-state index contributed by atoms with van der Waals surface area (Å²) in [5.41, 5.74) is 0. The predicted octanol–water partition coefficient (Wildman–Crippen LogP) is -0.267. The minimum absolute atomic E-state index is 0.160. The number of aliphatic hydroxyl groups excluding tert-OH is 1. The van der Waals surface area contributed by atoms with Crippen molar-refractivity contribution in [3.63, 3.8) is 0 Å². The summed E-state index contributed by atoms with van der Waals surface area (Å²) < 4.78 is 15.6. The molecule has 0 spiro atoms. The zero-order valence-electron chi connectivity index (χ0n) is 10.1. The van der Waals surface area contributed by atoms with Crippen molar-refractivity contribution in [2.75, 3.05) is 59.8 Å².